The van der Waals surface area contributed by atoms with Gasteiger partial charge in [0.2, 0.25) is 11.8 Å². The van der Waals surface area contributed by atoms with E-state index < -0.39 is 30.3 Å². The van der Waals surface area contributed by atoms with E-state index in [4.69, 9.17) is 4.74 Å². The van der Waals surface area contributed by atoms with Gasteiger partial charge in [0.15, 0.2) is 0 Å². The van der Waals surface area contributed by atoms with Gasteiger partial charge in [0.05, 0.1) is 12.4 Å². The van der Waals surface area contributed by atoms with Crippen LogP contribution in [0.5, 0.6) is 5.75 Å². The maximum Gasteiger partial charge on any atom is 0.247 e. The zero-order valence-electron chi connectivity index (χ0n) is 16.3. The molecule has 2 aliphatic rings. The third kappa shape index (κ3) is 4.37. The Bertz CT molecular complexity index is 925. The third-order valence-corrected chi connectivity index (χ3v) is 5.32. The first-order valence-electron chi connectivity index (χ1n) is 9.92. The summed E-state index contributed by atoms with van der Waals surface area (Å²) in [6.45, 7) is 0.606. The first kappa shape index (κ1) is 20.1. The molecule has 4 rings (SSSR count). The third-order valence-electron chi connectivity index (χ3n) is 5.32. The van der Waals surface area contributed by atoms with Gasteiger partial charge in [0, 0.05) is 36.6 Å². The van der Waals surface area contributed by atoms with Crippen molar-refractivity contribution in [1.82, 2.24) is 20.2 Å². The molecule has 4 atom stereocenters. The summed E-state index contributed by atoms with van der Waals surface area (Å²) >= 11 is 0. The highest BCUT2D eigenvalue weighted by Crippen LogP contribution is 2.25. The van der Waals surface area contributed by atoms with Crippen molar-refractivity contribution in [1.29, 1.82) is 0 Å². The summed E-state index contributed by atoms with van der Waals surface area (Å²) in [6, 6.07) is 6.56. The van der Waals surface area contributed by atoms with Crippen LogP contribution < -0.4 is 15.4 Å². The van der Waals surface area contributed by atoms with Crippen LogP contribution in [0.25, 0.3) is 5.69 Å². The summed E-state index contributed by atoms with van der Waals surface area (Å²) in [5, 5.41) is 26.0. The minimum Gasteiger partial charge on any atom is -0.484 e. The van der Waals surface area contributed by atoms with Crippen molar-refractivity contribution in [3.8, 4) is 11.4 Å². The fraction of sp³-hybridized carbons (Fsp3) is 0.381. The first-order valence-corrected chi connectivity index (χ1v) is 9.92. The number of hydrogen-bond acceptors (Lipinski definition) is 6. The van der Waals surface area contributed by atoms with Crippen molar-refractivity contribution in [2.24, 2.45) is 0 Å². The molecule has 30 heavy (non-hydrogen) atoms. The van der Waals surface area contributed by atoms with E-state index in [-0.39, 0.29) is 17.9 Å². The molecular weight excluding hydrogens is 388 g/mol. The Kier molecular flexibility index (Phi) is 5.82. The maximum atomic E-state index is 12.6. The van der Waals surface area contributed by atoms with Crippen LogP contribution in [0.2, 0.25) is 0 Å². The van der Waals surface area contributed by atoms with E-state index in [1.165, 1.54) is 6.08 Å². The van der Waals surface area contributed by atoms with Gasteiger partial charge in [-0.05, 0) is 43.2 Å². The second-order valence-electron chi connectivity index (χ2n) is 7.46. The highest BCUT2D eigenvalue weighted by molar-refractivity contribution is 5.97. The molecule has 158 valence electrons. The average molecular weight is 412 g/mol. The number of carbonyl (C=O) groups is 2. The summed E-state index contributed by atoms with van der Waals surface area (Å²) in [5.74, 6) is -0.163. The molecule has 1 aliphatic carbocycles. The molecule has 2 aromatic rings. The number of amides is 2. The van der Waals surface area contributed by atoms with E-state index in [0.29, 0.717) is 18.7 Å². The molecule has 0 radical (unpaired) electrons. The summed E-state index contributed by atoms with van der Waals surface area (Å²) in [6.07, 6.45) is 4.81. The van der Waals surface area contributed by atoms with E-state index in [2.05, 4.69) is 15.6 Å². The number of aromatic nitrogens is 2. The molecule has 1 aromatic carbocycles. The quantitative estimate of drug-likeness (QED) is 0.551. The van der Waals surface area contributed by atoms with Gasteiger partial charge < -0.3 is 30.2 Å². The lowest BCUT2D eigenvalue weighted by molar-refractivity contribution is -0.129. The summed E-state index contributed by atoms with van der Waals surface area (Å²) < 4.78 is 7.67. The number of imidazole rings is 1. The van der Waals surface area contributed by atoms with Crippen molar-refractivity contribution >= 4 is 11.8 Å². The number of rotatable bonds is 5. The summed E-state index contributed by atoms with van der Waals surface area (Å²) in [7, 11) is 0. The number of hydrogen-bond donors (Lipinski definition) is 4. The lowest BCUT2D eigenvalue weighted by Gasteiger charge is -2.31. The minimum atomic E-state index is -1.17. The second kappa shape index (κ2) is 8.68. The van der Waals surface area contributed by atoms with Crippen LogP contribution in [-0.2, 0) is 9.59 Å². The molecule has 2 heterocycles. The SMILES string of the molecule is O=C(NC1CCCNC1=O)C1=CC(Oc2ccc(-n3ccnc3)cc2)C(O)C(O)C1. The smallest absolute Gasteiger partial charge is 0.247 e. The molecule has 9 heteroatoms. The number of aliphatic hydroxyl groups is 2. The normalized spacial score (nSPS) is 26.5. The minimum absolute atomic E-state index is 0.0131. The number of ether oxygens (including phenoxy) is 1. The Hall–Kier alpha value is -3.17. The lowest BCUT2D eigenvalue weighted by Crippen LogP contribution is -2.51. The Balaban J connectivity index is 1.46. The number of carbonyl (C=O) groups excluding carboxylic acids is 2. The summed E-state index contributed by atoms with van der Waals surface area (Å²) in [5.41, 5.74) is 1.18. The lowest BCUT2D eigenvalue weighted by atomic mass is 9.91. The van der Waals surface area contributed by atoms with Gasteiger partial charge in [0.1, 0.15) is 24.0 Å². The first-order chi connectivity index (χ1) is 14.5. The molecule has 9 nitrogen and oxygen atoms in total. The molecule has 0 saturated carbocycles. The van der Waals surface area contributed by atoms with Crippen molar-refractivity contribution < 1.29 is 24.5 Å². The highest BCUT2D eigenvalue weighted by Gasteiger charge is 2.35. The van der Waals surface area contributed by atoms with E-state index in [0.717, 1.165) is 12.1 Å². The Morgan fingerprint density at radius 3 is 2.77 bits per heavy atom. The number of nitrogens with zero attached hydrogens (tertiary/aromatic N) is 2. The topological polar surface area (TPSA) is 126 Å². The van der Waals surface area contributed by atoms with Crippen molar-refractivity contribution in [3.63, 3.8) is 0 Å². The Morgan fingerprint density at radius 1 is 1.27 bits per heavy atom. The predicted molar refractivity (Wildman–Crippen MR) is 107 cm³/mol. The molecule has 1 aromatic heterocycles. The van der Waals surface area contributed by atoms with Crippen LogP contribution >= 0.6 is 0 Å². The molecule has 0 spiro atoms. The van der Waals surface area contributed by atoms with Gasteiger partial charge in [0.25, 0.3) is 0 Å². The van der Waals surface area contributed by atoms with Gasteiger partial charge in [-0.1, -0.05) is 0 Å². The van der Waals surface area contributed by atoms with Crippen LogP contribution in [0.1, 0.15) is 19.3 Å². The van der Waals surface area contributed by atoms with Gasteiger partial charge in [-0.25, -0.2) is 4.98 Å². The Labute approximate surface area is 173 Å². The van der Waals surface area contributed by atoms with Crippen LogP contribution in [0.3, 0.4) is 0 Å². The van der Waals surface area contributed by atoms with Crippen LogP contribution in [0, 0.1) is 0 Å². The van der Waals surface area contributed by atoms with E-state index in [1.807, 2.05) is 22.9 Å². The molecule has 1 fully saturated rings. The standard InChI is InChI=1S/C21H24N4O5/c26-17-10-13(20(28)24-16-2-1-7-23-21(16)29)11-18(19(17)27)30-15-5-3-14(4-6-15)25-9-8-22-12-25/h3-6,8-9,11-12,16-19,26-27H,1-2,7,10H2,(H,23,29)(H,24,28). The predicted octanol–water partition coefficient (Wildman–Crippen LogP) is 0.0664. The monoisotopic (exact) mass is 412 g/mol. The number of nitrogens with one attached hydrogen (secondary N) is 2. The average Bonchev–Trinajstić information content (AvgIpc) is 3.28. The van der Waals surface area contributed by atoms with Gasteiger partial charge in [-0.3, -0.25) is 9.59 Å². The van der Waals surface area contributed by atoms with Crippen molar-refractivity contribution in [3.05, 3.63) is 54.6 Å². The van der Waals surface area contributed by atoms with Crippen LogP contribution in [0.15, 0.2) is 54.6 Å². The number of aliphatic hydroxyl groups excluding tert-OH is 2. The van der Waals surface area contributed by atoms with Crippen molar-refractivity contribution in [2.75, 3.05) is 6.54 Å². The molecular formula is C21H24N4O5. The Morgan fingerprint density at radius 2 is 2.07 bits per heavy atom. The molecule has 1 aliphatic heterocycles. The molecule has 4 N–H and O–H groups in total. The fourth-order valence-corrected chi connectivity index (χ4v) is 3.63. The van der Waals surface area contributed by atoms with E-state index >= 15 is 0 Å². The number of benzene rings is 1. The van der Waals surface area contributed by atoms with Crippen LogP contribution in [0.4, 0.5) is 0 Å². The fourth-order valence-electron chi connectivity index (χ4n) is 3.63. The zero-order chi connectivity index (χ0) is 21.1. The van der Waals surface area contributed by atoms with Gasteiger partial charge in [-0.15, -0.1) is 0 Å². The van der Waals surface area contributed by atoms with Crippen molar-refractivity contribution in [2.45, 2.75) is 43.6 Å². The van der Waals surface area contributed by atoms with E-state index in [9.17, 15) is 19.8 Å². The molecule has 1 saturated heterocycles. The van der Waals surface area contributed by atoms with E-state index in [1.54, 1.807) is 24.7 Å². The molecule has 4 unspecified atom stereocenters. The van der Waals surface area contributed by atoms with Crippen LogP contribution in [-0.4, -0.2) is 62.5 Å². The summed E-state index contributed by atoms with van der Waals surface area (Å²) in [4.78, 5) is 28.5. The van der Waals surface area contributed by atoms with Gasteiger partial charge >= 0.3 is 0 Å². The molecule has 0 bridgehead atoms. The maximum absolute atomic E-state index is 12.6. The zero-order valence-corrected chi connectivity index (χ0v) is 16.3. The molecule has 2 amide bonds. The highest BCUT2D eigenvalue weighted by atomic mass is 16.5. The second-order valence-corrected chi connectivity index (χ2v) is 7.46. The van der Waals surface area contributed by atoms with Gasteiger partial charge in [-0.2, -0.15) is 0 Å². The number of piperidine rings is 1. The largest absolute Gasteiger partial charge is 0.484 e.